The minimum Gasteiger partial charge on any atom is -0.591 e. The van der Waals surface area contributed by atoms with Crippen molar-refractivity contribution < 1.29 is 4.55 Å². The summed E-state index contributed by atoms with van der Waals surface area (Å²) < 4.78 is 20.0. The van der Waals surface area contributed by atoms with Gasteiger partial charge in [-0.15, -0.1) is 5.14 Å². The van der Waals surface area contributed by atoms with Gasteiger partial charge in [-0.25, -0.2) is 0 Å². The van der Waals surface area contributed by atoms with Crippen LogP contribution >= 0.6 is 23.2 Å². The third-order valence-corrected chi connectivity index (χ3v) is 4.15. The molecular weight excluding hydrogens is 343 g/mol. The molecule has 1 unspecified atom stereocenters. The summed E-state index contributed by atoms with van der Waals surface area (Å²) in [6.07, 6.45) is 0. The van der Waals surface area contributed by atoms with Gasteiger partial charge in [0.05, 0.1) is 0 Å². The molecular formula is C14H10Cl2N4OS. The summed E-state index contributed by atoms with van der Waals surface area (Å²) in [4.78, 5) is 4.32. The van der Waals surface area contributed by atoms with Crippen molar-refractivity contribution in [1.29, 1.82) is 0 Å². The molecule has 0 bridgehead atoms. The van der Waals surface area contributed by atoms with Crippen LogP contribution in [0.4, 0.5) is 0 Å². The lowest BCUT2D eigenvalue weighted by Gasteiger charge is -2.15. The van der Waals surface area contributed by atoms with Gasteiger partial charge in [0.2, 0.25) is 11.7 Å². The molecule has 0 spiro atoms. The molecule has 0 radical (unpaired) electrons. The van der Waals surface area contributed by atoms with E-state index in [4.69, 9.17) is 28.3 Å². The van der Waals surface area contributed by atoms with Crippen LogP contribution in [0.1, 0.15) is 11.1 Å². The quantitative estimate of drug-likeness (QED) is 0.839. The zero-order valence-electron chi connectivity index (χ0n) is 11.1. The smallest absolute Gasteiger partial charge is 0.212 e. The van der Waals surface area contributed by atoms with E-state index >= 15 is 0 Å². The van der Waals surface area contributed by atoms with Crippen LogP contribution in [0.5, 0.6) is 0 Å². The van der Waals surface area contributed by atoms with Crippen molar-refractivity contribution in [3.05, 3.63) is 69.7 Å². The minimum absolute atomic E-state index is 0.222. The number of aliphatic imine (C=N–C) groups is 1. The number of amidine groups is 2. The van der Waals surface area contributed by atoms with Gasteiger partial charge in [0.25, 0.3) is 0 Å². The number of rotatable bonds is 2. The van der Waals surface area contributed by atoms with Crippen molar-refractivity contribution in [2.45, 2.75) is 0 Å². The summed E-state index contributed by atoms with van der Waals surface area (Å²) in [6.45, 7) is 0. The summed E-state index contributed by atoms with van der Waals surface area (Å²) in [5, 5.41) is 6.67. The number of hydrogen-bond donors (Lipinski definition) is 1. The standard InChI is InChI=1S/C14H10Cl2N4OS/c15-11-5-1-3-9(7-11)13-18-14(20-22(17,21)19-13)10-4-2-6-12(16)8-10/h1-8H,(H2-,17,18,19,20,21). The molecule has 0 saturated heterocycles. The van der Waals surface area contributed by atoms with E-state index in [0.29, 0.717) is 21.2 Å². The van der Waals surface area contributed by atoms with Gasteiger partial charge in [-0.1, -0.05) is 47.5 Å². The molecule has 5 nitrogen and oxygen atoms in total. The van der Waals surface area contributed by atoms with Crippen molar-refractivity contribution in [1.82, 2.24) is 0 Å². The van der Waals surface area contributed by atoms with Crippen molar-refractivity contribution >= 4 is 45.4 Å². The molecule has 0 aromatic heterocycles. The number of hydrogen-bond acceptors (Lipinski definition) is 5. The Morgan fingerprint density at radius 2 is 1.45 bits per heavy atom. The van der Waals surface area contributed by atoms with Crippen molar-refractivity contribution in [3.8, 4) is 0 Å². The molecule has 3 rings (SSSR count). The monoisotopic (exact) mass is 352 g/mol. The normalized spacial score (nSPS) is 20.9. The molecule has 0 aliphatic carbocycles. The second kappa shape index (κ2) is 5.91. The van der Waals surface area contributed by atoms with Crippen LogP contribution in [0, 0.1) is 0 Å². The molecule has 8 heteroatoms. The first-order chi connectivity index (χ1) is 10.4. The van der Waals surface area contributed by atoms with Crippen LogP contribution in [0.15, 0.2) is 62.3 Å². The zero-order chi connectivity index (χ0) is 15.7. The highest BCUT2D eigenvalue weighted by Crippen LogP contribution is 2.20. The lowest BCUT2D eigenvalue weighted by atomic mass is 10.2. The Kier molecular flexibility index (Phi) is 4.12. The Morgan fingerprint density at radius 1 is 0.909 bits per heavy atom. The fourth-order valence-electron chi connectivity index (χ4n) is 1.90. The average Bonchev–Trinajstić information content (AvgIpc) is 2.45. The van der Waals surface area contributed by atoms with Crippen LogP contribution in [0.3, 0.4) is 0 Å². The highest BCUT2D eigenvalue weighted by Gasteiger charge is 2.21. The third-order valence-electron chi connectivity index (χ3n) is 2.81. The maximum atomic E-state index is 12.2. The van der Waals surface area contributed by atoms with Gasteiger partial charge in [0.15, 0.2) is 0 Å². The molecule has 0 fully saturated rings. The number of nitrogens with two attached hydrogens (primary N) is 1. The first-order valence-electron chi connectivity index (χ1n) is 6.18. The molecule has 22 heavy (non-hydrogen) atoms. The highest BCUT2D eigenvalue weighted by molar-refractivity contribution is 7.97. The Balaban J connectivity index is 2.13. The van der Waals surface area contributed by atoms with Crippen molar-refractivity contribution in [3.63, 3.8) is 0 Å². The van der Waals surface area contributed by atoms with Gasteiger partial charge in [0.1, 0.15) is 10.5 Å². The molecule has 112 valence electrons. The Hall–Kier alpha value is -1.57. The van der Waals surface area contributed by atoms with E-state index < -0.39 is 10.5 Å². The zero-order valence-corrected chi connectivity index (χ0v) is 13.4. The molecule has 2 N–H and O–H groups in total. The molecule has 1 atom stereocenters. The highest BCUT2D eigenvalue weighted by atomic mass is 35.5. The fourth-order valence-corrected chi connectivity index (χ4v) is 3.11. The van der Waals surface area contributed by atoms with Crippen LogP contribution in [0.25, 0.3) is 0 Å². The van der Waals surface area contributed by atoms with Crippen LogP contribution in [-0.4, -0.2) is 16.2 Å². The molecule has 1 aliphatic heterocycles. The summed E-state index contributed by atoms with van der Waals surface area (Å²) in [6, 6.07) is 13.8. The Bertz CT molecular complexity index is 811. The summed E-state index contributed by atoms with van der Waals surface area (Å²) in [7, 11) is -3.26. The minimum atomic E-state index is -3.26. The van der Waals surface area contributed by atoms with E-state index in [0.717, 1.165) is 0 Å². The molecule has 1 heterocycles. The maximum absolute atomic E-state index is 12.2. The van der Waals surface area contributed by atoms with E-state index in [-0.39, 0.29) is 11.7 Å². The second-order valence-electron chi connectivity index (χ2n) is 4.50. The lowest BCUT2D eigenvalue weighted by Crippen LogP contribution is -2.26. The van der Waals surface area contributed by atoms with Crippen LogP contribution in [-0.2, 0) is 10.5 Å². The predicted molar refractivity (Wildman–Crippen MR) is 90.7 cm³/mol. The number of halogens is 2. The van der Waals surface area contributed by atoms with Gasteiger partial charge in [-0.2, -0.15) is 4.99 Å². The lowest BCUT2D eigenvalue weighted by molar-refractivity contribution is 0.588. The van der Waals surface area contributed by atoms with E-state index in [1.807, 2.05) is 0 Å². The van der Waals surface area contributed by atoms with E-state index in [1.165, 1.54) is 0 Å². The first kappa shape index (κ1) is 15.3. The van der Waals surface area contributed by atoms with Crippen molar-refractivity contribution in [2.24, 2.45) is 18.9 Å². The predicted octanol–water partition coefficient (Wildman–Crippen LogP) is 3.46. The summed E-state index contributed by atoms with van der Waals surface area (Å²) in [5.41, 5.74) is 1.22. The molecule has 1 aliphatic rings. The number of nitrogens with zero attached hydrogens (tertiary/aromatic N) is 3. The second-order valence-corrected chi connectivity index (χ2v) is 6.81. The SMILES string of the molecule is N[S+]1([O-])=NC(c2cccc(Cl)c2)=NC(c2cccc(Cl)c2)=N1. The van der Waals surface area contributed by atoms with E-state index in [1.54, 1.807) is 48.5 Å². The Morgan fingerprint density at radius 3 is 2.00 bits per heavy atom. The molecule has 0 amide bonds. The third kappa shape index (κ3) is 3.43. The fraction of sp³-hybridized carbons (Fsp3) is 0. The summed E-state index contributed by atoms with van der Waals surface area (Å²) in [5.74, 6) is 0.444. The maximum Gasteiger partial charge on any atom is 0.212 e. The number of benzene rings is 2. The first-order valence-corrected chi connectivity index (χ1v) is 8.47. The van der Waals surface area contributed by atoms with Gasteiger partial charge in [-0.3, -0.25) is 0 Å². The van der Waals surface area contributed by atoms with E-state index in [2.05, 4.69) is 13.8 Å². The molecule has 2 aromatic rings. The van der Waals surface area contributed by atoms with Gasteiger partial charge in [0, 0.05) is 21.2 Å². The molecule has 2 aromatic carbocycles. The topological polar surface area (TPSA) is 86.2 Å². The van der Waals surface area contributed by atoms with Crippen LogP contribution in [0.2, 0.25) is 10.0 Å². The molecule has 0 saturated carbocycles. The Labute approximate surface area is 138 Å². The largest absolute Gasteiger partial charge is 0.591 e. The van der Waals surface area contributed by atoms with Gasteiger partial charge in [-0.05, 0) is 33.0 Å². The van der Waals surface area contributed by atoms with Gasteiger partial charge >= 0.3 is 0 Å². The van der Waals surface area contributed by atoms with Crippen LogP contribution < -0.4 is 5.14 Å². The van der Waals surface area contributed by atoms with E-state index in [9.17, 15) is 4.55 Å². The van der Waals surface area contributed by atoms with Gasteiger partial charge < -0.3 is 4.55 Å². The average molecular weight is 353 g/mol. The summed E-state index contributed by atoms with van der Waals surface area (Å²) >= 11 is 11.9. The van der Waals surface area contributed by atoms with Crippen molar-refractivity contribution in [2.75, 3.05) is 0 Å².